The topological polar surface area (TPSA) is 62.1 Å². The Bertz CT molecular complexity index is 738. The molecule has 0 atom stereocenters. The lowest BCUT2D eigenvalue weighted by molar-refractivity contribution is 0.102. The number of nitrogens with one attached hydrogen (secondary N) is 1. The van der Waals surface area contributed by atoms with Crippen LogP contribution in [0.25, 0.3) is 0 Å². The molecule has 5 heteroatoms. The molecule has 0 fully saturated rings. The van der Waals surface area contributed by atoms with E-state index in [4.69, 9.17) is 10.00 Å². The molecule has 0 aliphatic heterocycles. The molecular weight excluding hydrogens is 356 g/mol. The molecule has 0 saturated heterocycles. The van der Waals surface area contributed by atoms with Crippen LogP contribution in [-0.2, 0) is 0 Å². The number of nitrogens with zero attached hydrogens (tertiary/aromatic N) is 1. The lowest BCUT2D eigenvalue weighted by Crippen LogP contribution is -2.15. The van der Waals surface area contributed by atoms with Gasteiger partial charge >= 0.3 is 0 Å². The van der Waals surface area contributed by atoms with Gasteiger partial charge in [-0.2, -0.15) is 5.26 Å². The number of rotatable bonds is 6. The molecule has 2 rings (SSSR count). The van der Waals surface area contributed by atoms with Crippen molar-refractivity contribution >= 4 is 27.5 Å². The Kier molecular flexibility index (Phi) is 6.19. The van der Waals surface area contributed by atoms with Crippen molar-refractivity contribution in [3.05, 3.63) is 58.1 Å². The monoisotopic (exact) mass is 372 g/mol. The van der Waals surface area contributed by atoms with Gasteiger partial charge in [0.05, 0.1) is 23.4 Å². The van der Waals surface area contributed by atoms with E-state index in [1.165, 1.54) is 0 Å². The summed E-state index contributed by atoms with van der Waals surface area (Å²) < 4.78 is 6.49. The van der Waals surface area contributed by atoms with Crippen molar-refractivity contribution in [1.82, 2.24) is 0 Å². The maximum Gasteiger partial charge on any atom is 0.259 e. The van der Waals surface area contributed by atoms with Gasteiger partial charge in [0, 0.05) is 4.47 Å². The Hall–Kier alpha value is -2.32. The Morgan fingerprint density at radius 2 is 2.09 bits per heavy atom. The minimum Gasteiger partial charge on any atom is -0.493 e. The molecule has 0 aromatic heterocycles. The highest BCUT2D eigenvalue weighted by Crippen LogP contribution is 2.25. The van der Waals surface area contributed by atoms with Crippen molar-refractivity contribution in [2.75, 3.05) is 11.9 Å². The van der Waals surface area contributed by atoms with Crippen molar-refractivity contribution in [2.24, 2.45) is 0 Å². The predicted octanol–water partition coefficient (Wildman–Crippen LogP) is 4.75. The minimum atomic E-state index is -0.305. The van der Waals surface area contributed by atoms with E-state index >= 15 is 0 Å². The summed E-state index contributed by atoms with van der Waals surface area (Å²) in [5, 5.41) is 11.9. The highest BCUT2D eigenvalue weighted by Gasteiger charge is 2.15. The van der Waals surface area contributed by atoms with E-state index in [2.05, 4.69) is 34.2 Å². The quantitative estimate of drug-likeness (QED) is 0.743. The number of hydrogen-bond donors (Lipinski definition) is 1. The van der Waals surface area contributed by atoms with E-state index in [0.717, 1.165) is 17.3 Å². The van der Waals surface area contributed by atoms with Gasteiger partial charge in [-0.25, -0.2) is 0 Å². The number of amides is 1. The van der Waals surface area contributed by atoms with Gasteiger partial charge in [-0.1, -0.05) is 41.4 Å². The third-order valence-corrected chi connectivity index (χ3v) is 3.73. The van der Waals surface area contributed by atoms with Crippen LogP contribution in [0.15, 0.2) is 46.9 Å². The van der Waals surface area contributed by atoms with Crippen molar-refractivity contribution in [1.29, 1.82) is 5.26 Å². The average Bonchev–Trinajstić information content (AvgIpc) is 2.56. The largest absolute Gasteiger partial charge is 0.493 e. The molecule has 2 aromatic rings. The first kappa shape index (κ1) is 17.0. The SMILES string of the molecule is CCCCOc1ccc(Br)cc1C(=O)Nc1ccccc1C#N. The molecule has 0 radical (unpaired) electrons. The second-order valence-corrected chi connectivity index (χ2v) is 5.87. The number of anilines is 1. The van der Waals surface area contributed by atoms with Crippen molar-refractivity contribution in [2.45, 2.75) is 19.8 Å². The van der Waals surface area contributed by atoms with Gasteiger partial charge in [-0.15, -0.1) is 0 Å². The molecule has 1 amide bonds. The Balaban J connectivity index is 2.24. The second-order valence-electron chi connectivity index (χ2n) is 4.95. The summed E-state index contributed by atoms with van der Waals surface area (Å²) >= 11 is 3.37. The van der Waals surface area contributed by atoms with Gasteiger partial charge in [0.1, 0.15) is 11.8 Å². The van der Waals surface area contributed by atoms with Crippen LogP contribution in [0.2, 0.25) is 0 Å². The maximum absolute atomic E-state index is 12.6. The van der Waals surface area contributed by atoms with Crippen LogP contribution in [0.5, 0.6) is 5.75 Å². The van der Waals surface area contributed by atoms with E-state index in [1.54, 1.807) is 36.4 Å². The molecule has 23 heavy (non-hydrogen) atoms. The van der Waals surface area contributed by atoms with Crippen LogP contribution in [0.3, 0.4) is 0 Å². The molecule has 2 aromatic carbocycles. The van der Waals surface area contributed by atoms with E-state index in [0.29, 0.717) is 29.2 Å². The third kappa shape index (κ3) is 4.57. The van der Waals surface area contributed by atoms with Crippen LogP contribution >= 0.6 is 15.9 Å². The fraction of sp³-hybridized carbons (Fsp3) is 0.222. The van der Waals surface area contributed by atoms with Gasteiger partial charge < -0.3 is 10.1 Å². The second kappa shape index (κ2) is 8.35. The van der Waals surface area contributed by atoms with Crippen LogP contribution < -0.4 is 10.1 Å². The van der Waals surface area contributed by atoms with E-state index < -0.39 is 0 Å². The molecular formula is C18H17BrN2O2. The number of nitriles is 1. The predicted molar refractivity (Wildman–Crippen MR) is 93.7 cm³/mol. The summed E-state index contributed by atoms with van der Waals surface area (Å²) in [6.45, 7) is 2.64. The van der Waals surface area contributed by atoms with Crippen LogP contribution in [0.1, 0.15) is 35.7 Å². The molecule has 0 aliphatic carbocycles. The van der Waals surface area contributed by atoms with Crippen molar-refractivity contribution < 1.29 is 9.53 Å². The number of ether oxygens (including phenoxy) is 1. The maximum atomic E-state index is 12.6. The molecule has 0 aliphatic rings. The summed E-state index contributed by atoms with van der Waals surface area (Å²) in [5.41, 5.74) is 1.34. The zero-order valence-corrected chi connectivity index (χ0v) is 14.4. The van der Waals surface area contributed by atoms with Gasteiger partial charge in [0.25, 0.3) is 5.91 Å². The molecule has 0 spiro atoms. The van der Waals surface area contributed by atoms with E-state index in [-0.39, 0.29) is 5.91 Å². The summed E-state index contributed by atoms with van der Waals surface area (Å²) in [6, 6.07) is 14.3. The van der Waals surface area contributed by atoms with Gasteiger partial charge in [-0.05, 0) is 36.8 Å². The van der Waals surface area contributed by atoms with Crippen molar-refractivity contribution in [3.8, 4) is 11.8 Å². The first-order valence-electron chi connectivity index (χ1n) is 7.38. The van der Waals surface area contributed by atoms with Crippen molar-refractivity contribution in [3.63, 3.8) is 0 Å². The highest BCUT2D eigenvalue weighted by molar-refractivity contribution is 9.10. The summed E-state index contributed by atoms with van der Waals surface area (Å²) in [7, 11) is 0. The molecule has 118 valence electrons. The summed E-state index contributed by atoms with van der Waals surface area (Å²) in [5.74, 6) is 0.231. The minimum absolute atomic E-state index is 0.305. The summed E-state index contributed by atoms with van der Waals surface area (Å²) in [4.78, 5) is 12.6. The number of carbonyl (C=O) groups excluding carboxylic acids is 1. The van der Waals surface area contributed by atoms with Crippen LogP contribution in [-0.4, -0.2) is 12.5 Å². The molecule has 0 heterocycles. The average molecular weight is 373 g/mol. The molecule has 0 saturated carbocycles. The molecule has 4 nitrogen and oxygen atoms in total. The summed E-state index contributed by atoms with van der Waals surface area (Å²) in [6.07, 6.45) is 1.95. The fourth-order valence-corrected chi connectivity index (χ4v) is 2.37. The standard InChI is InChI=1S/C18H17BrN2O2/c1-2-3-10-23-17-9-8-14(19)11-15(17)18(22)21-16-7-5-4-6-13(16)12-20/h4-9,11H,2-3,10H2,1H3,(H,21,22). The lowest BCUT2D eigenvalue weighted by Gasteiger charge is -2.12. The van der Waals surface area contributed by atoms with Gasteiger partial charge in [0.15, 0.2) is 0 Å². The Morgan fingerprint density at radius 1 is 1.30 bits per heavy atom. The zero-order chi connectivity index (χ0) is 16.7. The number of unbranched alkanes of at least 4 members (excludes halogenated alkanes) is 1. The first-order valence-corrected chi connectivity index (χ1v) is 8.18. The number of para-hydroxylation sites is 1. The number of carbonyl (C=O) groups is 1. The number of halogens is 1. The molecule has 0 unspecified atom stereocenters. The van der Waals surface area contributed by atoms with E-state index in [1.807, 2.05) is 6.07 Å². The number of hydrogen-bond acceptors (Lipinski definition) is 3. The highest BCUT2D eigenvalue weighted by atomic mass is 79.9. The Morgan fingerprint density at radius 3 is 2.83 bits per heavy atom. The van der Waals surface area contributed by atoms with Gasteiger partial charge in [0.2, 0.25) is 0 Å². The normalized spacial score (nSPS) is 9.96. The first-order chi connectivity index (χ1) is 11.2. The van der Waals surface area contributed by atoms with Gasteiger partial charge in [-0.3, -0.25) is 4.79 Å². The fourth-order valence-electron chi connectivity index (χ4n) is 2.01. The van der Waals surface area contributed by atoms with Crippen LogP contribution in [0, 0.1) is 11.3 Å². The molecule has 1 N–H and O–H groups in total. The number of benzene rings is 2. The zero-order valence-electron chi connectivity index (χ0n) is 12.8. The molecule has 0 bridgehead atoms. The third-order valence-electron chi connectivity index (χ3n) is 3.24. The lowest BCUT2D eigenvalue weighted by atomic mass is 10.1. The van der Waals surface area contributed by atoms with Crippen LogP contribution in [0.4, 0.5) is 5.69 Å². The Labute approximate surface area is 144 Å². The smallest absolute Gasteiger partial charge is 0.259 e. The van der Waals surface area contributed by atoms with E-state index in [9.17, 15) is 4.79 Å².